The zero-order valence-electron chi connectivity index (χ0n) is 16.4. The van der Waals surface area contributed by atoms with Gasteiger partial charge in [0.05, 0.1) is 24.7 Å². The average Bonchev–Trinajstić information content (AvgIpc) is 3.20. The van der Waals surface area contributed by atoms with Crippen molar-refractivity contribution < 1.29 is 13.2 Å². The third-order valence-corrected chi connectivity index (χ3v) is 11.9. The molecule has 0 saturated carbocycles. The molecule has 0 bridgehead atoms. The lowest BCUT2D eigenvalue weighted by Crippen LogP contribution is -2.41. The largest absolute Gasteiger partial charge is 0.337 e. The number of halogens is 1. The summed E-state index contributed by atoms with van der Waals surface area (Å²) in [5.41, 5.74) is 1.37. The summed E-state index contributed by atoms with van der Waals surface area (Å²) in [5, 5.41) is 9.49. The fraction of sp³-hybridized carbons (Fsp3) is 0.368. The number of thiophene rings is 1. The molecule has 1 fully saturated rings. The molecule has 6 nitrogen and oxygen atoms in total. The first-order valence-corrected chi connectivity index (χ1v) is 15.3. The lowest BCUT2D eigenvalue weighted by molar-refractivity contribution is -0.129. The van der Waals surface area contributed by atoms with Gasteiger partial charge in [0.1, 0.15) is 10.3 Å². The van der Waals surface area contributed by atoms with Crippen LogP contribution in [-0.4, -0.2) is 39.9 Å². The molecule has 1 N–H and O–H groups in total. The number of benzene rings is 1. The van der Waals surface area contributed by atoms with Gasteiger partial charge in [0.15, 0.2) is 0 Å². The van der Waals surface area contributed by atoms with Gasteiger partial charge in [-0.05, 0) is 30.2 Å². The smallest absolute Gasteiger partial charge is 0.250 e. The first-order valence-electron chi connectivity index (χ1n) is 9.11. The van der Waals surface area contributed by atoms with Gasteiger partial charge < -0.3 is 4.90 Å². The summed E-state index contributed by atoms with van der Waals surface area (Å²) in [6, 6.07) is 9.81. The van der Waals surface area contributed by atoms with Gasteiger partial charge in [0.2, 0.25) is 5.91 Å². The Balaban J connectivity index is 1.72. The van der Waals surface area contributed by atoms with Crippen LogP contribution in [0, 0.1) is 11.3 Å². The van der Waals surface area contributed by atoms with E-state index < -0.39 is 24.1 Å². The van der Waals surface area contributed by atoms with Crippen LogP contribution in [-0.2, 0) is 21.4 Å². The monoisotopic (exact) mass is 467 g/mol. The van der Waals surface area contributed by atoms with Gasteiger partial charge in [-0.2, -0.15) is 9.98 Å². The molecule has 0 unspecified atom stereocenters. The predicted octanol–water partition coefficient (Wildman–Crippen LogP) is 2.90. The van der Waals surface area contributed by atoms with Crippen molar-refractivity contribution >= 4 is 51.4 Å². The van der Waals surface area contributed by atoms with Crippen molar-refractivity contribution in [1.29, 1.82) is 5.26 Å². The van der Waals surface area contributed by atoms with E-state index in [1.807, 2.05) is 6.07 Å². The minimum Gasteiger partial charge on any atom is -0.337 e. The van der Waals surface area contributed by atoms with Gasteiger partial charge in [-0.15, -0.1) is 11.3 Å². The Morgan fingerprint density at radius 2 is 2.07 bits per heavy atom. The molecule has 3 rings (SSSR count). The number of nitrogens with one attached hydrogen (secondary N) is 1. The number of hydrogen-bond donors (Lipinski definition) is 1. The van der Waals surface area contributed by atoms with Gasteiger partial charge >= 0.3 is 0 Å². The molecule has 2 aromatic rings. The van der Waals surface area contributed by atoms with Crippen LogP contribution in [0.3, 0.4) is 0 Å². The highest BCUT2D eigenvalue weighted by atomic mass is 35.5. The Kier molecular flexibility index (Phi) is 6.22. The normalized spacial score (nSPS) is 17.6. The Morgan fingerprint density at radius 1 is 1.34 bits per heavy atom. The summed E-state index contributed by atoms with van der Waals surface area (Å²) in [5.74, 6) is -0.260. The van der Waals surface area contributed by atoms with Crippen LogP contribution in [0.2, 0.25) is 24.7 Å². The quantitative estimate of drug-likeness (QED) is 0.661. The first kappa shape index (κ1) is 22.0. The average molecular weight is 468 g/mol. The van der Waals surface area contributed by atoms with Crippen molar-refractivity contribution in [2.45, 2.75) is 42.9 Å². The third kappa shape index (κ3) is 4.90. The predicted molar refractivity (Wildman–Crippen MR) is 118 cm³/mol. The maximum atomic E-state index is 12.8. The fourth-order valence-electron chi connectivity index (χ4n) is 3.20. The second kappa shape index (κ2) is 8.20. The molecule has 0 radical (unpaired) electrons. The molecule has 1 aliphatic rings. The number of nitriles is 1. The zero-order chi connectivity index (χ0) is 21.4. The van der Waals surface area contributed by atoms with Gasteiger partial charge in [-0.25, -0.2) is 8.42 Å². The number of carbonyl (C=O) groups excluding carboxylic acids is 1. The highest BCUT2D eigenvalue weighted by Gasteiger charge is 2.36. The van der Waals surface area contributed by atoms with Crippen molar-refractivity contribution in [2.75, 3.05) is 6.54 Å². The number of nitrogens with zero attached hydrogens (tertiary/aromatic N) is 2. The minimum absolute atomic E-state index is 0.146. The van der Waals surface area contributed by atoms with E-state index >= 15 is 0 Å². The summed E-state index contributed by atoms with van der Waals surface area (Å²) in [6.07, 6.45) is 0.399. The van der Waals surface area contributed by atoms with Crippen LogP contribution in [0.25, 0.3) is 0 Å². The molecular formula is C19H22ClN3O3S2Si. The standard InChI is InChI=1S/C19H22ClN3O3S2Si/c1-29(2,3)19-15(20)10-17(27-19)28(25,26)22-16-7-8-23(18(16)24)12-14-6-4-5-13(9-14)11-21/h4-6,9-10,16,22H,7-8,12H2,1-3H3/t16-/m0/s1. The Bertz CT molecular complexity index is 1090. The number of rotatable bonds is 6. The molecule has 1 aromatic carbocycles. The maximum absolute atomic E-state index is 12.8. The fourth-order valence-corrected chi connectivity index (χ4v) is 9.32. The highest BCUT2D eigenvalue weighted by molar-refractivity contribution is 7.91. The summed E-state index contributed by atoms with van der Waals surface area (Å²) < 4.78 is 29.3. The lowest BCUT2D eigenvalue weighted by Gasteiger charge is -2.17. The van der Waals surface area contributed by atoms with Crippen LogP contribution in [0.15, 0.2) is 34.5 Å². The first-order chi connectivity index (χ1) is 13.5. The molecule has 154 valence electrons. The van der Waals surface area contributed by atoms with Crippen LogP contribution in [0.5, 0.6) is 0 Å². The second-order valence-corrected chi connectivity index (χ2v) is 16.8. The molecule has 1 amide bonds. The van der Waals surface area contributed by atoms with Crippen LogP contribution >= 0.6 is 22.9 Å². The molecule has 0 aliphatic carbocycles. The molecule has 1 aliphatic heterocycles. The van der Waals surface area contributed by atoms with Crippen LogP contribution < -0.4 is 9.22 Å². The van der Waals surface area contributed by atoms with Crippen LogP contribution in [0.4, 0.5) is 0 Å². The number of amides is 1. The van der Waals surface area contributed by atoms with E-state index in [4.69, 9.17) is 16.9 Å². The van der Waals surface area contributed by atoms with E-state index in [9.17, 15) is 13.2 Å². The number of hydrogen-bond acceptors (Lipinski definition) is 5. The Hall–Kier alpha value is -1.70. The SMILES string of the molecule is C[Si](C)(C)c1sc(S(=O)(=O)N[C@H]2CCN(Cc3cccc(C#N)c3)C2=O)cc1Cl. The molecule has 10 heteroatoms. The van der Waals surface area contributed by atoms with E-state index in [1.54, 1.807) is 23.1 Å². The van der Waals surface area contributed by atoms with Gasteiger partial charge in [0, 0.05) is 17.6 Å². The van der Waals surface area contributed by atoms with Crippen molar-refractivity contribution in [3.63, 3.8) is 0 Å². The lowest BCUT2D eigenvalue weighted by atomic mass is 10.1. The molecule has 1 saturated heterocycles. The molecule has 29 heavy (non-hydrogen) atoms. The van der Waals surface area contributed by atoms with E-state index in [0.717, 1.165) is 10.1 Å². The number of sulfonamides is 1. The third-order valence-electron chi connectivity index (χ3n) is 4.63. The molecular weight excluding hydrogens is 446 g/mol. The number of carbonyl (C=O) groups is 1. The van der Waals surface area contributed by atoms with E-state index in [1.165, 1.54) is 17.4 Å². The summed E-state index contributed by atoms with van der Waals surface area (Å²) in [7, 11) is -5.59. The van der Waals surface area contributed by atoms with Crippen molar-refractivity contribution in [3.05, 3.63) is 46.5 Å². The van der Waals surface area contributed by atoms with Crippen molar-refractivity contribution in [1.82, 2.24) is 9.62 Å². The summed E-state index contributed by atoms with van der Waals surface area (Å²) in [6.45, 7) is 7.11. The Morgan fingerprint density at radius 3 is 2.69 bits per heavy atom. The summed E-state index contributed by atoms with van der Waals surface area (Å²) >= 11 is 7.46. The molecule has 0 spiro atoms. The summed E-state index contributed by atoms with van der Waals surface area (Å²) in [4.78, 5) is 14.3. The van der Waals surface area contributed by atoms with E-state index in [2.05, 4.69) is 30.4 Å². The molecule has 1 aromatic heterocycles. The second-order valence-electron chi connectivity index (χ2n) is 8.03. The van der Waals surface area contributed by atoms with E-state index in [0.29, 0.717) is 30.1 Å². The topological polar surface area (TPSA) is 90.3 Å². The molecule has 2 heterocycles. The zero-order valence-corrected chi connectivity index (χ0v) is 19.8. The number of likely N-dealkylation sites (tertiary alicyclic amines) is 1. The van der Waals surface area contributed by atoms with Gasteiger partial charge in [-0.1, -0.05) is 43.4 Å². The Labute approximate surface area is 181 Å². The van der Waals surface area contributed by atoms with Gasteiger partial charge in [0.25, 0.3) is 10.0 Å². The molecule has 1 atom stereocenters. The van der Waals surface area contributed by atoms with Crippen molar-refractivity contribution in [2.24, 2.45) is 0 Å². The van der Waals surface area contributed by atoms with Crippen molar-refractivity contribution in [3.8, 4) is 6.07 Å². The van der Waals surface area contributed by atoms with Crippen LogP contribution in [0.1, 0.15) is 17.5 Å². The minimum atomic E-state index is -3.83. The maximum Gasteiger partial charge on any atom is 0.250 e. The van der Waals surface area contributed by atoms with E-state index in [-0.39, 0.29) is 10.1 Å². The highest BCUT2D eigenvalue weighted by Crippen LogP contribution is 2.26. The van der Waals surface area contributed by atoms with Gasteiger partial charge in [-0.3, -0.25) is 4.79 Å².